The molecule has 2 aromatic heterocycles. The predicted octanol–water partition coefficient (Wildman–Crippen LogP) is 3.69. The van der Waals surface area contributed by atoms with E-state index in [1.54, 1.807) is 0 Å². The lowest BCUT2D eigenvalue weighted by Crippen LogP contribution is -2.49. The quantitative estimate of drug-likeness (QED) is 0.863. The molecule has 0 spiro atoms. The molecule has 2 fully saturated rings. The molecular formula is C20H27N3O. The van der Waals surface area contributed by atoms with Crippen LogP contribution in [0.1, 0.15) is 50.5 Å². The summed E-state index contributed by atoms with van der Waals surface area (Å²) in [6, 6.07) is 4.61. The standard InChI is InChI=1S/C20H27N3O/c1-22-14-16(17-8-4-12-21-20(17)22)10-11-19(24)23-13-5-7-15-6-2-3-9-18(15)23/h4,8,12,14-15,18H,2-3,5-7,9-11,13H2,1H3. The number of aryl methyl sites for hydroxylation is 2. The number of likely N-dealkylation sites (tertiary alicyclic amines) is 1. The van der Waals surface area contributed by atoms with Crippen LogP contribution in [0.3, 0.4) is 0 Å². The molecule has 2 unspecified atom stereocenters. The Morgan fingerprint density at radius 2 is 2.08 bits per heavy atom. The molecule has 0 bridgehead atoms. The zero-order valence-electron chi connectivity index (χ0n) is 14.6. The molecule has 2 aliphatic rings. The Kier molecular flexibility index (Phi) is 4.30. The smallest absolute Gasteiger partial charge is 0.223 e. The third-order valence-corrected chi connectivity index (χ3v) is 5.99. The number of nitrogens with zero attached hydrogens (tertiary/aromatic N) is 3. The van der Waals surface area contributed by atoms with Crippen molar-refractivity contribution in [3.8, 4) is 0 Å². The van der Waals surface area contributed by atoms with Gasteiger partial charge in [0, 0.05) is 43.8 Å². The highest BCUT2D eigenvalue weighted by molar-refractivity contribution is 5.82. The highest BCUT2D eigenvalue weighted by Gasteiger charge is 2.35. The van der Waals surface area contributed by atoms with E-state index in [0.29, 0.717) is 18.4 Å². The molecule has 1 aliphatic carbocycles. The van der Waals surface area contributed by atoms with Crippen LogP contribution in [0, 0.1) is 5.92 Å². The van der Waals surface area contributed by atoms with Crippen molar-refractivity contribution in [1.82, 2.24) is 14.5 Å². The minimum absolute atomic E-state index is 0.354. The fraction of sp³-hybridized carbons (Fsp3) is 0.600. The summed E-state index contributed by atoms with van der Waals surface area (Å²) in [5.41, 5.74) is 2.25. The maximum Gasteiger partial charge on any atom is 0.223 e. The van der Waals surface area contributed by atoms with Crippen LogP contribution in [0.4, 0.5) is 0 Å². The minimum atomic E-state index is 0.354. The first-order chi connectivity index (χ1) is 11.7. The van der Waals surface area contributed by atoms with Gasteiger partial charge in [-0.25, -0.2) is 4.98 Å². The van der Waals surface area contributed by atoms with E-state index in [1.807, 2.05) is 19.3 Å². The van der Waals surface area contributed by atoms with Crippen LogP contribution in [0.2, 0.25) is 0 Å². The topological polar surface area (TPSA) is 38.1 Å². The maximum atomic E-state index is 12.9. The highest BCUT2D eigenvalue weighted by Crippen LogP contribution is 2.35. The van der Waals surface area contributed by atoms with Crippen molar-refractivity contribution in [3.05, 3.63) is 30.1 Å². The molecule has 0 N–H and O–H groups in total. The van der Waals surface area contributed by atoms with E-state index < -0.39 is 0 Å². The summed E-state index contributed by atoms with van der Waals surface area (Å²) in [6.07, 6.45) is 13.1. The fourth-order valence-corrected chi connectivity index (χ4v) is 4.81. The van der Waals surface area contributed by atoms with Crippen LogP contribution in [0.15, 0.2) is 24.5 Å². The first-order valence-electron chi connectivity index (χ1n) is 9.42. The zero-order valence-corrected chi connectivity index (χ0v) is 14.6. The lowest BCUT2D eigenvalue weighted by atomic mass is 9.78. The van der Waals surface area contributed by atoms with Crippen LogP contribution in [-0.4, -0.2) is 32.9 Å². The van der Waals surface area contributed by atoms with Gasteiger partial charge in [-0.3, -0.25) is 4.79 Å². The molecule has 0 radical (unpaired) electrons. The average molecular weight is 325 g/mol. The first-order valence-corrected chi connectivity index (χ1v) is 9.42. The Morgan fingerprint density at radius 1 is 1.25 bits per heavy atom. The van der Waals surface area contributed by atoms with Crippen LogP contribution >= 0.6 is 0 Å². The van der Waals surface area contributed by atoms with Crippen molar-refractivity contribution in [1.29, 1.82) is 0 Å². The van der Waals surface area contributed by atoms with Crippen molar-refractivity contribution >= 4 is 16.9 Å². The molecule has 2 atom stereocenters. The number of aromatic nitrogens is 2. The Morgan fingerprint density at radius 3 is 3.00 bits per heavy atom. The van der Waals surface area contributed by atoms with Crippen molar-refractivity contribution < 1.29 is 4.79 Å². The van der Waals surface area contributed by atoms with Gasteiger partial charge in [0.25, 0.3) is 0 Å². The lowest BCUT2D eigenvalue weighted by molar-refractivity contribution is -0.137. The minimum Gasteiger partial charge on any atom is -0.339 e. The second-order valence-corrected chi connectivity index (χ2v) is 7.48. The van der Waals surface area contributed by atoms with E-state index >= 15 is 0 Å². The van der Waals surface area contributed by atoms with Crippen LogP contribution in [-0.2, 0) is 18.3 Å². The highest BCUT2D eigenvalue weighted by atomic mass is 16.2. The molecule has 128 valence electrons. The summed E-state index contributed by atoms with van der Waals surface area (Å²) in [5, 5.41) is 1.18. The molecule has 4 nitrogen and oxygen atoms in total. The second kappa shape index (κ2) is 6.58. The molecule has 0 aromatic carbocycles. The summed E-state index contributed by atoms with van der Waals surface area (Å²) in [6.45, 7) is 0.969. The van der Waals surface area contributed by atoms with Gasteiger partial charge in [-0.1, -0.05) is 12.8 Å². The molecule has 3 heterocycles. The van der Waals surface area contributed by atoms with E-state index in [-0.39, 0.29) is 0 Å². The normalized spacial score (nSPS) is 24.1. The van der Waals surface area contributed by atoms with Crippen molar-refractivity contribution in [2.75, 3.05) is 6.54 Å². The molecule has 4 rings (SSSR count). The van der Waals surface area contributed by atoms with Gasteiger partial charge in [0.2, 0.25) is 5.91 Å². The molecule has 2 aromatic rings. The number of amides is 1. The van der Waals surface area contributed by atoms with Gasteiger partial charge >= 0.3 is 0 Å². The largest absolute Gasteiger partial charge is 0.339 e. The van der Waals surface area contributed by atoms with Gasteiger partial charge in [-0.2, -0.15) is 0 Å². The fourth-order valence-electron chi connectivity index (χ4n) is 4.81. The van der Waals surface area contributed by atoms with E-state index in [9.17, 15) is 4.79 Å². The van der Waals surface area contributed by atoms with Crippen LogP contribution in [0.25, 0.3) is 11.0 Å². The SMILES string of the molecule is Cn1cc(CCC(=O)N2CCCC3CCCCC32)c2cccnc21. The molecule has 1 saturated heterocycles. The molecule has 1 amide bonds. The van der Waals surface area contributed by atoms with Crippen molar-refractivity contribution in [2.24, 2.45) is 13.0 Å². The van der Waals surface area contributed by atoms with Gasteiger partial charge in [-0.15, -0.1) is 0 Å². The summed E-state index contributed by atoms with van der Waals surface area (Å²) in [4.78, 5) is 19.5. The number of rotatable bonds is 3. The Labute approximate surface area is 143 Å². The molecule has 4 heteroatoms. The van der Waals surface area contributed by atoms with Gasteiger partial charge in [0.15, 0.2) is 0 Å². The average Bonchev–Trinajstić information content (AvgIpc) is 2.95. The predicted molar refractivity (Wildman–Crippen MR) is 95.7 cm³/mol. The molecule has 1 aliphatic heterocycles. The van der Waals surface area contributed by atoms with E-state index in [4.69, 9.17) is 0 Å². The Balaban J connectivity index is 1.46. The number of carbonyl (C=O) groups excluding carboxylic acids is 1. The third-order valence-electron chi connectivity index (χ3n) is 5.99. The van der Waals surface area contributed by atoms with E-state index in [0.717, 1.165) is 24.5 Å². The Bertz CT molecular complexity index is 734. The van der Waals surface area contributed by atoms with Gasteiger partial charge in [-0.05, 0) is 55.7 Å². The summed E-state index contributed by atoms with van der Waals surface area (Å²) in [5.74, 6) is 1.12. The summed E-state index contributed by atoms with van der Waals surface area (Å²) in [7, 11) is 2.03. The molecule has 24 heavy (non-hydrogen) atoms. The third kappa shape index (κ3) is 2.83. The van der Waals surface area contributed by atoms with E-state index in [1.165, 1.54) is 49.5 Å². The van der Waals surface area contributed by atoms with Gasteiger partial charge in [0.1, 0.15) is 5.65 Å². The first kappa shape index (κ1) is 15.7. The van der Waals surface area contributed by atoms with Gasteiger partial charge in [0.05, 0.1) is 0 Å². The molecular weight excluding hydrogens is 298 g/mol. The number of piperidine rings is 1. The van der Waals surface area contributed by atoms with Crippen LogP contribution < -0.4 is 0 Å². The van der Waals surface area contributed by atoms with Crippen molar-refractivity contribution in [2.45, 2.75) is 57.4 Å². The zero-order chi connectivity index (χ0) is 16.5. The summed E-state index contributed by atoms with van der Waals surface area (Å²) >= 11 is 0. The van der Waals surface area contributed by atoms with Crippen LogP contribution in [0.5, 0.6) is 0 Å². The number of hydrogen-bond donors (Lipinski definition) is 0. The summed E-state index contributed by atoms with van der Waals surface area (Å²) < 4.78 is 2.06. The Hall–Kier alpha value is -1.84. The number of pyridine rings is 1. The second-order valence-electron chi connectivity index (χ2n) is 7.48. The monoisotopic (exact) mass is 325 g/mol. The van der Waals surface area contributed by atoms with E-state index in [2.05, 4.69) is 26.7 Å². The number of fused-ring (bicyclic) bond motifs is 2. The lowest BCUT2D eigenvalue weighted by Gasteiger charge is -2.44. The molecule has 1 saturated carbocycles. The number of carbonyl (C=O) groups is 1. The van der Waals surface area contributed by atoms with Crippen molar-refractivity contribution in [3.63, 3.8) is 0 Å². The maximum absolute atomic E-state index is 12.9. The number of hydrogen-bond acceptors (Lipinski definition) is 2. The van der Waals surface area contributed by atoms with Gasteiger partial charge < -0.3 is 9.47 Å².